The Labute approximate surface area is 117 Å². The van der Waals surface area contributed by atoms with Crippen molar-refractivity contribution in [3.63, 3.8) is 0 Å². The van der Waals surface area contributed by atoms with Crippen LogP contribution in [0, 0.1) is 0 Å². The molecule has 108 valence electrons. The van der Waals surface area contributed by atoms with Crippen LogP contribution in [0.1, 0.15) is 25.7 Å². The van der Waals surface area contributed by atoms with Gasteiger partial charge in [0, 0.05) is 18.2 Å². The fourth-order valence-corrected chi connectivity index (χ4v) is 2.98. The lowest BCUT2D eigenvalue weighted by atomic mass is 9.96. The van der Waals surface area contributed by atoms with Crippen LogP contribution in [-0.2, 0) is 0 Å². The summed E-state index contributed by atoms with van der Waals surface area (Å²) < 4.78 is 1.39. The molecule has 2 heterocycles. The maximum atomic E-state index is 11.4. The summed E-state index contributed by atoms with van der Waals surface area (Å²) in [6.07, 6.45) is 6.47. The number of aromatic amines is 1. The predicted molar refractivity (Wildman–Crippen MR) is 77.0 cm³/mol. The van der Waals surface area contributed by atoms with Gasteiger partial charge in [0.2, 0.25) is 0 Å². The van der Waals surface area contributed by atoms with Crippen LogP contribution in [0.5, 0.6) is 0 Å². The van der Waals surface area contributed by atoms with E-state index in [1.54, 1.807) is 6.07 Å². The van der Waals surface area contributed by atoms with E-state index in [0.717, 1.165) is 12.4 Å². The van der Waals surface area contributed by atoms with Crippen LogP contribution in [0.4, 0.5) is 5.82 Å². The quantitative estimate of drug-likeness (QED) is 0.859. The molecule has 7 heteroatoms. The number of rotatable bonds is 4. The molecule has 3 rings (SSSR count). The molecule has 0 aromatic carbocycles. The van der Waals surface area contributed by atoms with Crippen LogP contribution in [0.2, 0.25) is 0 Å². The summed E-state index contributed by atoms with van der Waals surface area (Å²) >= 11 is 0. The summed E-state index contributed by atoms with van der Waals surface area (Å²) in [5.41, 5.74) is 0.524. The van der Waals surface area contributed by atoms with Gasteiger partial charge in [0.1, 0.15) is 12.1 Å². The van der Waals surface area contributed by atoms with Gasteiger partial charge < -0.3 is 10.2 Å². The summed E-state index contributed by atoms with van der Waals surface area (Å²) in [5, 5.41) is 9.74. The van der Waals surface area contributed by atoms with Gasteiger partial charge in [-0.2, -0.15) is 5.10 Å². The van der Waals surface area contributed by atoms with Crippen LogP contribution >= 0.6 is 0 Å². The van der Waals surface area contributed by atoms with Crippen molar-refractivity contribution in [3.05, 3.63) is 22.9 Å². The zero-order valence-electron chi connectivity index (χ0n) is 11.9. The molecule has 1 fully saturated rings. The Morgan fingerprint density at radius 3 is 2.90 bits per heavy atom. The van der Waals surface area contributed by atoms with Crippen LogP contribution in [0.25, 0.3) is 5.65 Å². The van der Waals surface area contributed by atoms with E-state index in [2.05, 4.69) is 39.5 Å². The van der Waals surface area contributed by atoms with Crippen LogP contribution < -0.4 is 11.0 Å². The Bertz CT molecular complexity index is 652. The number of nitrogens with zero attached hydrogens (tertiary/aromatic N) is 4. The molecule has 0 radical (unpaired) electrons. The smallest absolute Gasteiger partial charge is 0.348 e. The number of fused-ring (bicyclic) bond motifs is 1. The summed E-state index contributed by atoms with van der Waals surface area (Å²) in [6.45, 7) is 0.859. The average molecular weight is 276 g/mol. The molecule has 0 aliphatic heterocycles. The molecule has 20 heavy (non-hydrogen) atoms. The van der Waals surface area contributed by atoms with Crippen molar-refractivity contribution >= 4 is 11.5 Å². The Kier molecular flexibility index (Phi) is 3.21. The lowest BCUT2D eigenvalue weighted by Gasteiger charge is -2.36. The van der Waals surface area contributed by atoms with E-state index in [9.17, 15) is 4.79 Å². The number of hydrogen-bond donors (Lipinski definition) is 2. The number of nitrogens with one attached hydrogen (secondary N) is 2. The highest BCUT2D eigenvalue weighted by Crippen LogP contribution is 2.33. The molecule has 0 saturated heterocycles. The Morgan fingerprint density at radius 2 is 2.20 bits per heavy atom. The Morgan fingerprint density at radius 1 is 1.45 bits per heavy atom. The third-order valence-corrected chi connectivity index (χ3v) is 4.39. The van der Waals surface area contributed by atoms with Gasteiger partial charge >= 0.3 is 5.69 Å². The molecule has 1 aliphatic carbocycles. The normalized spacial score (nSPS) is 17.9. The lowest BCUT2D eigenvalue weighted by molar-refractivity contribution is 0.172. The number of likely N-dealkylation sites (N-methyl/N-ethyl adjacent to an activating group) is 1. The third kappa shape index (κ3) is 2.18. The van der Waals surface area contributed by atoms with Gasteiger partial charge in [-0.15, -0.1) is 0 Å². The molecule has 0 amide bonds. The molecule has 1 aliphatic rings. The summed E-state index contributed by atoms with van der Waals surface area (Å²) in [6, 6.07) is 1.79. The van der Waals surface area contributed by atoms with Gasteiger partial charge in [0.15, 0.2) is 5.65 Å². The number of anilines is 1. The predicted octanol–water partition coefficient (Wildman–Crippen LogP) is 0.704. The highest BCUT2D eigenvalue weighted by atomic mass is 16.1. The van der Waals surface area contributed by atoms with Gasteiger partial charge in [-0.1, -0.05) is 12.8 Å². The molecular formula is C13H20N6O. The van der Waals surface area contributed by atoms with Crippen molar-refractivity contribution in [1.29, 1.82) is 0 Å². The largest absolute Gasteiger partial charge is 0.368 e. The number of H-pyrrole nitrogens is 1. The van der Waals surface area contributed by atoms with Gasteiger partial charge in [-0.05, 0) is 26.9 Å². The maximum Gasteiger partial charge on any atom is 0.348 e. The van der Waals surface area contributed by atoms with Gasteiger partial charge in [0.25, 0.3) is 0 Å². The second kappa shape index (κ2) is 4.90. The van der Waals surface area contributed by atoms with E-state index in [1.807, 2.05) is 0 Å². The summed E-state index contributed by atoms with van der Waals surface area (Å²) in [5.74, 6) is 0.754. The van der Waals surface area contributed by atoms with Gasteiger partial charge in [-0.25, -0.2) is 19.3 Å². The second-order valence-corrected chi connectivity index (χ2v) is 5.71. The minimum atomic E-state index is -0.264. The van der Waals surface area contributed by atoms with E-state index in [1.165, 1.54) is 36.4 Å². The minimum absolute atomic E-state index is 0.207. The van der Waals surface area contributed by atoms with Crippen molar-refractivity contribution in [2.45, 2.75) is 31.2 Å². The fourth-order valence-electron chi connectivity index (χ4n) is 2.98. The molecule has 2 N–H and O–H groups in total. The Balaban J connectivity index is 1.77. The van der Waals surface area contributed by atoms with E-state index >= 15 is 0 Å². The first-order valence-corrected chi connectivity index (χ1v) is 6.95. The van der Waals surface area contributed by atoms with Crippen LogP contribution in [0.15, 0.2) is 17.2 Å². The SMILES string of the molecule is CN(C)C1(CNc2cc3n[nH]c(=O)n3cn2)CCCC1. The first-order valence-electron chi connectivity index (χ1n) is 6.95. The second-order valence-electron chi connectivity index (χ2n) is 5.71. The highest BCUT2D eigenvalue weighted by Gasteiger charge is 2.35. The van der Waals surface area contributed by atoms with Crippen molar-refractivity contribution in [1.82, 2.24) is 24.5 Å². The van der Waals surface area contributed by atoms with E-state index in [4.69, 9.17) is 0 Å². The van der Waals surface area contributed by atoms with Gasteiger partial charge in [0.05, 0.1) is 0 Å². The highest BCUT2D eigenvalue weighted by molar-refractivity contribution is 5.48. The van der Waals surface area contributed by atoms with Crippen molar-refractivity contribution in [2.24, 2.45) is 0 Å². The summed E-state index contributed by atoms with van der Waals surface area (Å²) in [7, 11) is 4.27. The molecule has 7 nitrogen and oxygen atoms in total. The van der Waals surface area contributed by atoms with Crippen molar-refractivity contribution in [2.75, 3.05) is 26.0 Å². The topological polar surface area (TPSA) is 78.3 Å². The first-order chi connectivity index (χ1) is 9.61. The minimum Gasteiger partial charge on any atom is -0.368 e. The standard InChI is InChI=1S/C13H20N6O/c1-18(2)13(5-3-4-6-13)8-14-10-7-11-16-17-12(20)19(11)9-15-10/h7,9,14H,3-6,8H2,1-2H3,(H,17,20). The fraction of sp³-hybridized carbons (Fsp3) is 0.615. The van der Waals surface area contributed by atoms with E-state index < -0.39 is 0 Å². The zero-order chi connectivity index (χ0) is 14.2. The van der Waals surface area contributed by atoms with Crippen molar-refractivity contribution < 1.29 is 0 Å². The zero-order valence-corrected chi connectivity index (χ0v) is 11.9. The monoisotopic (exact) mass is 276 g/mol. The molecule has 0 unspecified atom stereocenters. The Hall–Kier alpha value is -1.89. The van der Waals surface area contributed by atoms with Crippen LogP contribution in [-0.4, -0.2) is 50.7 Å². The molecular weight excluding hydrogens is 256 g/mol. The van der Waals surface area contributed by atoms with Crippen LogP contribution in [0.3, 0.4) is 0 Å². The lowest BCUT2D eigenvalue weighted by Crippen LogP contribution is -2.47. The third-order valence-electron chi connectivity index (χ3n) is 4.39. The molecule has 2 aromatic rings. The van der Waals surface area contributed by atoms with Crippen molar-refractivity contribution in [3.8, 4) is 0 Å². The molecule has 0 bridgehead atoms. The molecule has 0 atom stereocenters. The average Bonchev–Trinajstić information content (AvgIpc) is 3.05. The molecule has 2 aromatic heterocycles. The first kappa shape index (κ1) is 13.1. The number of aromatic nitrogens is 4. The molecule has 0 spiro atoms. The maximum absolute atomic E-state index is 11.4. The van der Waals surface area contributed by atoms with E-state index in [0.29, 0.717) is 5.65 Å². The number of hydrogen-bond acceptors (Lipinski definition) is 5. The van der Waals surface area contributed by atoms with Gasteiger partial charge in [-0.3, -0.25) is 0 Å². The van der Waals surface area contributed by atoms with E-state index in [-0.39, 0.29) is 11.2 Å². The molecule has 1 saturated carbocycles. The summed E-state index contributed by atoms with van der Waals surface area (Å²) in [4.78, 5) is 17.9.